The molecule has 0 saturated carbocycles. The molecule has 0 aliphatic heterocycles. The molecular formula is C24H33N3O5S. The number of hydrogen-bond acceptors (Lipinski definition) is 5. The van der Waals surface area contributed by atoms with E-state index in [1.807, 2.05) is 13.8 Å². The highest BCUT2D eigenvalue weighted by molar-refractivity contribution is 7.92. The maximum absolute atomic E-state index is 13.4. The number of aryl methyl sites for hydroxylation is 1. The molecule has 9 heteroatoms. The second-order valence-electron chi connectivity index (χ2n) is 7.70. The van der Waals surface area contributed by atoms with Gasteiger partial charge in [0.25, 0.3) is 15.9 Å². The zero-order valence-corrected chi connectivity index (χ0v) is 20.7. The van der Waals surface area contributed by atoms with Crippen LogP contribution in [0.15, 0.2) is 47.4 Å². The Labute approximate surface area is 196 Å². The number of ether oxygens (including phenoxy) is 1. The summed E-state index contributed by atoms with van der Waals surface area (Å²) >= 11 is 0. The minimum atomic E-state index is -3.97. The van der Waals surface area contributed by atoms with Crippen LogP contribution in [0.2, 0.25) is 0 Å². The van der Waals surface area contributed by atoms with Gasteiger partial charge >= 0.3 is 0 Å². The lowest BCUT2D eigenvalue weighted by atomic mass is 10.1. The molecule has 2 aromatic rings. The van der Waals surface area contributed by atoms with Crippen molar-refractivity contribution in [2.75, 3.05) is 38.1 Å². The van der Waals surface area contributed by atoms with Crippen LogP contribution in [0.25, 0.3) is 0 Å². The summed E-state index contributed by atoms with van der Waals surface area (Å²) in [4.78, 5) is 27.0. The van der Waals surface area contributed by atoms with Crippen molar-refractivity contribution in [2.45, 2.75) is 38.5 Å². The number of rotatable bonds is 11. The maximum atomic E-state index is 13.4. The van der Waals surface area contributed by atoms with Gasteiger partial charge in [0.05, 0.1) is 24.2 Å². The number of carbonyl (C=O) groups is 2. The average molecular weight is 476 g/mol. The lowest BCUT2D eigenvalue weighted by molar-refractivity contribution is -0.121. The molecule has 0 atom stereocenters. The van der Waals surface area contributed by atoms with E-state index in [1.54, 1.807) is 37.3 Å². The molecule has 0 heterocycles. The van der Waals surface area contributed by atoms with Gasteiger partial charge in [-0.25, -0.2) is 8.42 Å². The number of nitrogens with zero attached hydrogens (tertiary/aromatic N) is 2. The minimum absolute atomic E-state index is 0.0169. The van der Waals surface area contributed by atoms with Crippen LogP contribution in [-0.4, -0.2) is 58.9 Å². The van der Waals surface area contributed by atoms with E-state index < -0.39 is 10.0 Å². The van der Waals surface area contributed by atoms with Gasteiger partial charge in [0.1, 0.15) is 5.75 Å². The largest absolute Gasteiger partial charge is 0.495 e. The van der Waals surface area contributed by atoms with Crippen LogP contribution in [0.5, 0.6) is 5.75 Å². The van der Waals surface area contributed by atoms with Gasteiger partial charge < -0.3 is 15.0 Å². The number of methoxy groups -OCH3 is 1. The van der Waals surface area contributed by atoms with E-state index >= 15 is 0 Å². The molecule has 8 nitrogen and oxygen atoms in total. The highest BCUT2D eigenvalue weighted by atomic mass is 32.2. The molecule has 2 amide bonds. The molecule has 0 fully saturated rings. The third kappa shape index (κ3) is 6.25. The number of hydrogen-bond donors (Lipinski definition) is 1. The van der Waals surface area contributed by atoms with Crippen LogP contribution in [0.4, 0.5) is 5.69 Å². The molecule has 2 aromatic carbocycles. The summed E-state index contributed by atoms with van der Waals surface area (Å²) in [5.74, 6) is -0.201. The Bertz CT molecular complexity index is 1090. The fourth-order valence-corrected chi connectivity index (χ4v) is 4.59. The summed E-state index contributed by atoms with van der Waals surface area (Å²) in [7, 11) is -1.05. The van der Waals surface area contributed by atoms with E-state index in [9.17, 15) is 18.0 Å². The Morgan fingerprint density at radius 1 is 1.06 bits per heavy atom. The Kier molecular flexibility index (Phi) is 9.28. The normalized spacial score (nSPS) is 11.1. The smallest absolute Gasteiger partial charge is 0.264 e. The van der Waals surface area contributed by atoms with E-state index in [0.717, 1.165) is 10.7 Å². The second-order valence-corrected chi connectivity index (χ2v) is 9.67. The Hall–Kier alpha value is -3.07. The van der Waals surface area contributed by atoms with Crippen LogP contribution in [-0.2, 0) is 14.8 Å². The predicted molar refractivity (Wildman–Crippen MR) is 129 cm³/mol. The molecule has 0 unspecified atom stereocenters. The summed E-state index contributed by atoms with van der Waals surface area (Å²) in [6.07, 6.45) is 1.46. The van der Waals surface area contributed by atoms with E-state index in [4.69, 9.17) is 4.74 Å². The van der Waals surface area contributed by atoms with Gasteiger partial charge in [-0.3, -0.25) is 13.9 Å². The van der Waals surface area contributed by atoms with Crippen molar-refractivity contribution < 1.29 is 22.7 Å². The van der Waals surface area contributed by atoms with Gasteiger partial charge in [-0.2, -0.15) is 0 Å². The topological polar surface area (TPSA) is 96.0 Å². The lowest BCUT2D eigenvalue weighted by Gasteiger charge is -2.24. The van der Waals surface area contributed by atoms with Crippen molar-refractivity contribution in [3.8, 4) is 5.75 Å². The predicted octanol–water partition coefficient (Wildman–Crippen LogP) is 3.21. The third-order valence-electron chi connectivity index (χ3n) is 5.21. The van der Waals surface area contributed by atoms with E-state index in [2.05, 4.69) is 5.32 Å². The molecule has 33 heavy (non-hydrogen) atoms. The molecule has 0 aliphatic rings. The first-order valence-corrected chi connectivity index (χ1v) is 12.4. The van der Waals surface area contributed by atoms with Gasteiger partial charge in [0, 0.05) is 25.7 Å². The van der Waals surface area contributed by atoms with Gasteiger partial charge in [0.15, 0.2) is 0 Å². The van der Waals surface area contributed by atoms with Gasteiger partial charge in [-0.15, -0.1) is 0 Å². The van der Waals surface area contributed by atoms with Crippen molar-refractivity contribution in [3.05, 3.63) is 53.6 Å². The molecule has 0 radical (unpaired) electrons. The average Bonchev–Trinajstić information content (AvgIpc) is 2.81. The molecule has 1 N–H and O–H groups in total. The number of para-hydroxylation sites is 2. The molecule has 0 spiro atoms. The summed E-state index contributed by atoms with van der Waals surface area (Å²) in [6.45, 7) is 6.46. The number of carbonyl (C=O) groups excluding carboxylic acids is 2. The molecule has 0 aromatic heterocycles. The number of nitrogens with one attached hydrogen (secondary N) is 1. The van der Waals surface area contributed by atoms with E-state index in [0.29, 0.717) is 36.5 Å². The zero-order valence-electron chi connectivity index (χ0n) is 19.9. The molecule has 0 bridgehead atoms. The monoisotopic (exact) mass is 475 g/mol. The first kappa shape index (κ1) is 26.2. The third-order valence-corrected chi connectivity index (χ3v) is 6.98. The highest BCUT2D eigenvalue weighted by Crippen LogP contribution is 2.31. The maximum Gasteiger partial charge on any atom is 0.264 e. The first-order valence-electron chi connectivity index (χ1n) is 11.0. The lowest BCUT2D eigenvalue weighted by Crippen LogP contribution is -2.41. The zero-order chi connectivity index (χ0) is 24.6. The summed E-state index contributed by atoms with van der Waals surface area (Å²) in [5, 5.41) is 2.77. The number of amides is 2. The first-order chi connectivity index (χ1) is 15.7. The van der Waals surface area contributed by atoms with Crippen LogP contribution in [0.1, 0.15) is 42.6 Å². The van der Waals surface area contributed by atoms with Crippen molar-refractivity contribution in [1.82, 2.24) is 10.2 Å². The van der Waals surface area contributed by atoms with Crippen molar-refractivity contribution in [1.29, 1.82) is 0 Å². The van der Waals surface area contributed by atoms with Gasteiger partial charge in [0.2, 0.25) is 5.91 Å². The van der Waals surface area contributed by atoms with Gasteiger partial charge in [-0.05, 0) is 49.6 Å². The minimum Gasteiger partial charge on any atom is -0.495 e. The number of anilines is 1. The van der Waals surface area contributed by atoms with Crippen LogP contribution in [0.3, 0.4) is 0 Å². The Balaban J connectivity index is 2.40. The second kappa shape index (κ2) is 11.7. The Morgan fingerprint density at radius 3 is 2.39 bits per heavy atom. The van der Waals surface area contributed by atoms with Crippen molar-refractivity contribution in [2.24, 2.45) is 0 Å². The molecule has 180 valence electrons. The highest BCUT2D eigenvalue weighted by Gasteiger charge is 2.27. The van der Waals surface area contributed by atoms with E-state index in [-0.39, 0.29) is 28.8 Å². The van der Waals surface area contributed by atoms with Crippen molar-refractivity contribution in [3.63, 3.8) is 0 Å². The fraction of sp³-hybridized carbons (Fsp3) is 0.417. The van der Waals surface area contributed by atoms with Gasteiger partial charge in [-0.1, -0.05) is 32.0 Å². The number of benzene rings is 2. The molecular weight excluding hydrogens is 442 g/mol. The quantitative estimate of drug-likeness (QED) is 0.538. The molecule has 0 aliphatic carbocycles. The summed E-state index contributed by atoms with van der Waals surface area (Å²) < 4.78 is 33.1. The molecule has 0 saturated heterocycles. The number of sulfonamides is 1. The van der Waals surface area contributed by atoms with Crippen LogP contribution >= 0.6 is 0 Å². The van der Waals surface area contributed by atoms with Crippen LogP contribution < -0.4 is 14.4 Å². The molecule has 2 rings (SSSR count). The van der Waals surface area contributed by atoms with Crippen molar-refractivity contribution >= 4 is 27.5 Å². The van der Waals surface area contributed by atoms with E-state index in [1.165, 1.54) is 31.2 Å². The fourth-order valence-electron chi connectivity index (χ4n) is 3.36. The SMILES string of the molecule is CCCNC(=O)CN(CCC)C(=O)c1cc(S(=O)(=O)N(C)c2ccccc2OC)ccc1C. The summed E-state index contributed by atoms with van der Waals surface area (Å²) in [5.41, 5.74) is 1.27. The van der Waals surface area contributed by atoms with Crippen LogP contribution in [0, 0.1) is 6.92 Å². The summed E-state index contributed by atoms with van der Waals surface area (Å²) in [6, 6.07) is 11.3. The Morgan fingerprint density at radius 2 is 1.76 bits per heavy atom. The standard InChI is InChI=1S/C24H33N3O5S/c1-6-14-25-23(28)17-27(15-7-2)24(29)20-16-19(13-12-18(20)3)33(30,31)26(4)21-10-8-9-11-22(21)32-5/h8-13,16H,6-7,14-15,17H2,1-5H3,(H,25,28).